The fraction of sp³-hybridized carbons (Fsp3) is 0.143. The van der Waals surface area contributed by atoms with Crippen molar-refractivity contribution in [2.24, 2.45) is 0 Å². The minimum atomic E-state index is -4.45. The van der Waals surface area contributed by atoms with E-state index in [1.54, 1.807) is 4.90 Å². The smallest absolute Gasteiger partial charge is 0.334 e. The van der Waals surface area contributed by atoms with Crippen LogP contribution in [0.2, 0.25) is 0 Å². The summed E-state index contributed by atoms with van der Waals surface area (Å²) in [7, 11) is 0. The summed E-state index contributed by atoms with van der Waals surface area (Å²) in [6, 6.07) is 23.9. The first kappa shape index (κ1) is 23.8. The molecule has 0 N–H and O–H groups in total. The number of hydrogen-bond donors (Lipinski definition) is 0. The zero-order valence-corrected chi connectivity index (χ0v) is 20.0. The van der Waals surface area contributed by atoms with Crippen molar-refractivity contribution in [3.8, 4) is 11.3 Å². The Morgan fingerprint density at radius 3 is 2.25 bits per heavy atom. The van der Waals surface area contributed by atoms with Gasteiger partial charge in [0.25, 0.3) is 5.91 Å². The van der Waals surface area contributed by atoms with Gasteiger partial charge in [0.2, 0.25) is 0 Å². The molecule has 5 rings (SSSR count). The van der Waals surface area contributed by atoms with Gasteiger partial charge in [-0.1, -0.05) is 60.7 Å². The molecule has 8 heteroatoms. The van der Waals surface area contributed by atoms with Crippen LogP contribution in [-0.2, 0) is 19.1 Å². The summed E-state index contributed by atoms with van der Waals surface area (Å²) in [6.45, 7) is 0.757. The molecular formula is C28H22F3N3OS. The third-order valence-electron chi connectivity index (χ3n) is 5.95. The number of fused-ring (bicyclic) bond motifs is 1. The maximum Gasteiger partial charge on any atom is 0.416 e. The number of carbonyl (C=O) groups is 1. The number of benzene rings is 3. The molecule has 0 atom stereocenters. The Hall–Kier alpha value is -3.91. The van der Waals surface area contributed by atoms with Gasteiger partial charge in [0.15, 0.2) is 4.96 Å². The number of thiazole rings is 1. The highest BCUT2D eigenvalue weighted by Gasteiger charge is 2.30. The van der Waals surface area contributed by atoms with Crippen molar-refractivity contribution in [2.45, 2.75) is 19.1 Å². The Morgan fingerprint density at radius 2 is 1.58 bits per heavy atom. The van der Waals surface area contributed by atoms with E-state index in [0.717, 1.165) is 39.6 Å². The van der Waals surface area contributed by atoms with Crippen LogP contribution in [0.1, 0.15) is 27.2 Å². The number of hydrogen-bond acceptors (Lipinski definition) is 3. The summed E-state index contributed by atoms with van der Waals surface area (Å²) in [6.07, 6.45) is -1.88. The van der Waals surface area contributed by atoms with Gasteiger partial charge in [0.1, 0.15) is 0 Å². The first-order chi connectivity index (χ1) is 17.4. The number of imidazole rings is 1. The topological polar surface area (TPSA) is 37.6 Å². The molecule has 36 heavy (non-hydrogen) atoms. The van der Waals surface area contributed by atoms with E-state index in [0.29, 0.717) is 19.5 Å². The lowest BCUT2D eigenvalue weighted by molar-refractivity contribution is -0.137. The third-order valence-corrected chi connectivity index (χ3v) is 6.84. The molecule has 0 aliphatic heterocycles. The molecule has 0 saturated heterocycles. The molecule has 0 radical (unpaired) electrons. The Kier molecular flexibility index (Phi) is 6.61. The summed E-state index contributed by atoms with van der Waals surface area (Å²) < 4.78 is 41.0. The number of amides is 1. The van der Waals surface area contributed by atoms with E-state index in [1.807, 2.05) is 76.6 Å². The van der Waals surface area contributed by atoms with Gasteiger partial charge in [-0.05, 0) is 29.8 Å². The van der Waals surface area contributed by atoms with Crippen LogP contribution in [0.25, 0.3) is 16.2 Å². The van der Waals surface area contributed by atoms with Crippen molar-refractivity contribution in [2.75, 3.05) is 6.54 Å². The molecule has 182 valence electrons. The highest BCUT2D eigenvalue weighted by Crippen LogP contribution is 2.29. The van der Waals surface area contributed by atoms with Gasteiger partial charge in [-0.2, -0.15) is 13.2 Å². The Morgan fingerprint density at radius 1 is 0.917 bits per heavy atom. The zero-order chi connectivity index (χ0) is 25.1. The fourth-order valence-electron chi connectivity index (χ4n) is 4.05. The molecule has 0 fully saturated rings. The van der Waals surface area contributed by atoms with Crippen molar-refractivity contribution in [3.05, 3.63) is 119 Å². The molecule has 3 aromatic carbocycles. The van der Waals surface area contributed by atoms with E-state index < -0.39 is 11.7 Å². The number of aromatic nitrogens is 2. The number of halogens is 3. The molecule has 0 saturated carbocycles. The molecule has 0 spiro atoms. The minimum absolute atomic E-state index is 0.225. The van der Waals surface area contributed by atoms with E-state index >= 15 is 0 Å². The van der Waals surface area contributed by atoms with Gasteiger partial charge >= 0.3 is 6.18 Å². The second-order valence-corrected chi connectivity index (χ2v) is 9.25. The molecule has 1 amide bonds. The maximum atomic E-state index is 13.4. The van der Waals surface area contributed by atoms with Crippen molar-refractivity contribution >= 4 is 22.2 Å². The van der Waals surface area contributed by atoms with Crippen LogP contribution in [0.5, 0.6) is 0 Å². The van der Waals surface area contributed by atoms with Crippen LogP contribution in [0.3, 0.4) is 0 Å². The van der Waals surface area contributed by atoms with Gasteiger partial charge in [-0.3, -0.25) is 9.20 Å². The number of alkyl halides is 3. The predicted octanol–water partition coefficient (Wildman–Crippen LogP) is 6.97. The Labute approximate surface area is 210 Å². The molecule has 0 bridgehead atoms. The van der Waals surface area contributed by atoms with Gasteiger partial charge in [0, 0.05) is 47.9 Å². The molecule has 2 aromatic heterocycles. The Bertz CT molecular complexity index is 1460. The predicted molar refractivity (Wildman–Crippen MR) is 135 cm³/mol. The average Bonchev–Trinajstić information content (AvgIpc) is 3.48. The van der Waals surface area contributed by atoms with E-state index in [2.05, 4.69) is 0 Å². The molecule has 4 nitrogen and oxygen atoms in total. The molecule has 2 heterocycles. The normalized spacial score (nSPS) is 11.6. The minimum Gasteiger partial charge on any atom is -0.334 e. The van der Waals surface area contributed by atoms with Gasteiger partial charge in [-0.15, -0.1) is 11.3 Å². The zero-order valence-electron chi connectivity index (χ0n) is 19.2. The van der Waals surface area contributed by atoms with Crippen LogP contribution >= 0.6 is 11.3 Å². The average molecular weight is 506 g/mol. The van der Waals surface area contributed by atoms with Crippen molar-refractivity contribution in [3.63, 3.8) is 0 Å². The van der Waals surface area contributed by atoms with Crippen LogP contribution in [0.4, 0.5) is 13.2 Å². The molecule has 0 aliphatic carbocycles. The van der Waals surface area contributed by atoms with E-state index in [-0.39, 0.29) is 11.5 Å². The summed E-state index contributed by atoms with van der Waals surface area (Å²) >= 11 is 1.54. The van der Waals surface area contributed by atoms with E-state index in [4.69, 9.17) is 4.98 Å². The molecule has 5 aromatic rings. The lowest BCUT2D eigenvalue weighted by Gasteiger charge is -2.23. The second kappa shape index (κ2) is 9.99. The monoisotopic (exact) mass is 505 g/mol. The molecule has 0 unspecified atom stereocenters. The largest absolute Gasteiger partial charge is 0.416 e. The standard InChI is InChI=1S/C28H22F3N3OS/c29-28(30,31)23-13-11-22(12-14-23)26(35)33(17-20-7-3-1-4-8-20)16-15-24-19-36-27-32-25(18-34(24)27)21-9-5-2-6-10-21/h1-14,18-19H,15-17H2. The first-order valence-electron chi connectivity index (χ1n) is 11.4. The van der Waals surface area contributed by atoms with Crippen molar-refractivity contribution in [1.29, 1.82) is 0 Å². The molecule has 0 aliphatic rings. The summed E-state index contributed by atoms with van der Waals surface area (Å²) in [5, 5.41) is 2.03. The third kappa shape index (κ3) is 5.18. The lowest BCUT2D eigenvalue weighted by atomic mass is 10.1. The summed E-state index contributed by atoms with van der Waals surface area (Å²) in [5.41, 5.74) is 3.32. The van der Waals surface area contributed by atoms with Crippen LogP contribution in [0.15, 0.2) is 96.5 Å². The second-order valence-electron chi connectivity index (χ2n) is 8.41. The number of carbonyl (C=O) groups excluding carboxylic acids is 1. The molecular weight excluding hydrogens is 483 g/mol. The van der Waals surface area contributed by atoms with Crippen molar-refractivity contribution in [1.82, 2.24) is 14.3 Å². The van der Waals surface area contributed by atoms with Crippen LogP contribution in [0, 0.1) is 0 Å². The number of nitrogens with zero attached hydrogens (tertiary/aromatic N) is 3. The van der Waals surface area contributed by atoms with E-state index in [1.165, 1.54) is 23.5 Å². The van der Waals surface area contributed by atoms with Crippen LogP contribution in [-0.4, -0.2) is 26.7 Å². The summed E-state index contributed by atoms with van der Waals surface area (Å²) in [5.74, 6) is -0.311. The van der Waals surface area contributed by atoms with E-state index in [9.17, 15) is 18.0 Å². The highest BCUT2D eigenvalue weighted by molar-refractivity contribution is 7.15. The Balaban J connectivity index is 1.38. The highest BCUT2D eigenvalue weighted by atomic mass is 32.1. The lowest BCUT2D eigenvalue weighted by Crippen LogP contribution is -2.32. The fourth-order valence-corrected chi connectivity index (χ4v) is 4.95. The summed E-state index contributed by atoms with van der Waals surface area (Å²) in [4.78, 5) is 20.6. The quantitative estimate of drug-likeness (QED) is 0.240. The first-order valence-corrected chi connectivity index (χ1v) is 12.3. The number of rotatable bonds is 7. The SMILES string of the molecule is O=C(c1ccc(C(F)(F)F)cc1)N(CCc1csc2nc(-c3ccccc3)cn12)Cc1ccccc1. The van der Waals surface area contributed by atoms with Crippen molar-refractivity contribution < 1.29 is 18.0 Å². The van der Waals surface area contributed by atoms with Gasteiger partial charge < -0.3 is 4.90 Å². The van der Waals surface area contributed by atoms with Gasteiger partial charge in [-0.25, -0.2) is 4.98 Å². The maximum absolute atomic E-state index is 13.4. The van der Waals surface area contributed by atoms with Crippen LogP contribution < -0.4 is 0 Å². The van der Waals surface area contributed by atoms with Gasteiger partial charge in [0.05, 0.1) is 11.3 Å².